The highest BCUT2D eigenvalue weighted by Gasteiger charge is 1.93. The van der Waals surface area contributed by atoms with Gasteiger partial charge in [-0.3, -0.25) is 0 Å². The molecule has 0 unspecified atom stereocenters. The maximum Gasteiger partial charge on any atom is 0.0364 e. The lowest BCUT2D eigenvalue weighted by Crippen LogP contribution is -2.24. The largest absolute Gasteiger partial charge is 0.685 e. The molecule has 60 valence electrons. The molecule has 11 heavy (non-hydrogen) atoms. The Balaban J connectivity index is 3.02. The summed E-state index contributed by atoms with van der Waals surface area (Å²) in [6.07, 6.45) is 0. The molecule has 0 aliphatic carbocycles. The minimum atomic E-state index is 0.914. The number of rotatable bonds is 2. The van der Waals surface area contributed by atoms with Gasteiger partial charge in [-0.2, -0.15) is 0 Å². The molecule has 0 amide bonds. The van der Waals surface area contributed by atoms with Crippen molar-refractivity contribution in [2.45, 2.75) is 0 Å². The smallest absolute Gasteiger partial charge is 0.0364 e. The molecule has 0 spiro atoms. The summed E-state index contributed by atoms with van der Waals surface area (Å²) in [4.78, 5) is 0. The number of nitrogens with two attached hydrogens (primary N) is 1. The predicted molar refractivity (Wildman–Crippen MR) is 48.0 cm³/mol. The molecule has 2 N–H and O–H groups in total. The molecule has 0 heterocycles. The molecule has 3 nitrogen and oxygen atoms in total. The minimum absolute atomic E-state index is 0.914. The normalized spacial score (nSPS) is 9.36. The second-order valence-corrected chi connectivity index (χ2v) is 2.32. The molecule has 0 aliphatic heterocycles. The van der Waals surface area contributed by atoms with Gasteiger partial charge >= 0.3 is 0 Å². The molecule has 0 aliphatic rings. The van der Waals surface area contributed by atoms with E-state index >= 15 is 0 Å². The van der Waals surface area contributed by atoms with Crippen LogP contribution in [0.4, 0.5) is 11.4 Å². The van der Waals surface area contributed by atoms with Crippen LogP contribution in [0.25, 0.3) is 5.32 Å². The van der Waals surface area contributed by atoms with Crippen molar-refractivity contribution in [3.05, 3.63) is 29.6 Å². The van der Waals surface area contributed by atoms with E-state index in [9.17, 15) is 0 Å². The Morgan fingerprint density at radius 1 is 1.36 bits per heavy atom. The first-order chi connectivity index (χ1) is 5.25. The highest BCUT2D eigenvalue weighted by atomic mass is 15.4. The zero-order chi connectivity index (χ0) is 8.27. The van der Waals surface area contributed by atoms with Crippen LogP contribution in [0.5, 0.6) is 0 Å². The number of nitrogens with zero attached hydrogens (tertiary/aromatic N) is 2. The summed E-state index contributed by atoms with van der Waals surface area (Å²) in [5.41, 5.74) is 1.85. The third-order valence-electron chi connectivity index (χ3n) is 1.50. The number of anilines is 1. The van der Waals surface area contributed by atoms with Crippen LogP contribution >= 0.6 is 0 Å². The molecule has 1 rings (SSSR count). The standard InChI is InChI=1S/C8H12N3/c1-10-7-5-3-4-6-8(7)11(2)9/h3-6H,9H2,1-2H3/q-1. The van der Waals surface area contributed by atoms with Gasteiger partial charge < -0.3 is 10.3 Å². The molecule has 0 saturated heterocycles. The topological polar surface area (TPSA) is 43.4 Å². The minimum Gasteiger partial charge on any atom is -0.685 e. The fourth-order valence-corrected chi connectivity index (χ4v) is 0.952. The first kappa shape index (κ1) is 7.88. The van der Waals surface area contributed by atoms with Crippen molar-refractivity contribution in [2.75, 3.05) is 19.1 Å². The molecule has 0 bridgehead atoms. The maximum absolute atomic E-state index is 5.56. The third kappa shape index (κ3) is 1.62. The monoisotopic (exact) mass is 150 g/mol. The highest BCUT2D eigenvalue weighted by Crippen LogP contribution is 2.27. The Morgan fingerprint density at radius 3 is 2.45 bits per heavy atom. The summed E-state index contributed by atoms with van der Waals surface area (Å²) in [7, 11) is 3.55. The van der Waals surface area contributed by atoms with Gasteiger partial charge in [0.2, 0.25) is 0 Å². The number of hydrogen-bond acceptors (Lipinski definition) is 2. The zero-order valence-corrected chi connectivity index (χ0v) is 6.78. The Morgan fingerprint density at radius 2 is 2.00 bits per heavy atom. The molecular formula is C8H12N3-. The quantitative estimate of drug-likeness (QED) is 0.514. The van der Waals surface area contributed by atoms with Gasteiger partial charge in [0.25, 0.3) is 0 Å². The Hall–Kier alpha value is -1.22. The lowest BCUT2D eigenvalue weighted by molar-refractivity contribution is 1.02. The molecule has 0 atom stereocenters. The fourth-order valence-electron chi connectivity index (χ4n) is 0.952. The third-order valence-corrected chi connectivity index (χ3v) is 1.50. The van der Waals surface area contributed by atoms with Crippen molar-refractivity contribution in [3.63, 3.8) is 0 Å². The number of para-hydroxylation sites is 2. The zero-order valence-electron chi connectivity index (χ0n) is 6.78. The summed E-state index contributed by atoms with van der Waals surface area (Å²) in [6, 6.07) is 7.74. The van der Waals surface area contributed by atoms with Crippen LogP contribution in [0.3, 0.4) is 0 Å². The van der Waals surface area contributed by atoms with Gasteiger partial charge in [0.1, 0.15) is 0 Å². The SMILES string of the molecule is C[N-]c1ccccc1N(C)N. The van der Waals surface area contributed by atoms with Crippen LogP contribution < -0.4 is 10.9 Å². The lowest BCUT2D eigenvalue weighted by atomic mass is 10.2. The maximum atomic E-state index is 5.56. The Bertz CT molecular complexity index is 233. The molecule has 1 aromatic carbocycles. The van der Waals surface area contributed by atoms with Gasteiger partial charge in [0.15, 0.2) is 0 Å². The molecule has 0 fully saturated rings. The summed E-state index contributed by atoms with van der Waals surface area (Å²) < 4.78 is 0. The first-order valence-corrected chi connectivity index (χ1v) is 3.43. The van der Waals surface area contributed by atoms with E-state index in [0.717, 1.165) is 11.4 Å². The highest BCUT2D eigenvalue weighted by molar-refractivity contribution is 5.71. The molecule has 0 aromatic heterocycles. The predicted octanol–water partition coefficient (Wildman–Crippen LogP) is 1.63. The van der Waals surface area contributed by atoms with Crippen LogP contribution in [0, 0.1) is 0 Å². The Labute approximate surface area is 66.8 Å². The van der Waals surface area contributed by atoms with E-state index in [-0.39, 0.29) is 0 Å². The van der Waals surface area contributed by atoms with E-state index in [1.54, 1.807) is 19.1 Å². The molecule has 0 radical (unpaired) electrons. The lowest BCUT2D eigenvalue weighted by Gasteiger charge is -2.23. The van der Waals surface area contributed by atoms with Crippen LogP contribution in [-0.4, -0.2) is 14.1 Å². The van der Waals surface area contributed by atoms with Crippen molar-refractivity contribution in [1.82, 2.24) is 0 Å². The summed E-state index contributed by atoms with van der Waals surface area (Å²) in [5, 5.41) is 5.63. The van der Waals surface area contributed by atoms with Gasteiger partial charge in [0, 0.05) is 12.7 Å². The van der Waals surface area contributed by atoms with Gasteiger partial charge in [-0.1, -0.05) is 18.2 Å². The van der Waals surface area contributed by atoms with Gasteiger partial charge in [-0.15, -0.1) is 12.7 Å². The van der Waals surface area contributed by atoms with Crippen molar-refractivity contribution in [1.29, 1.82) is 0 Å². The van der Waals surface area contributed by atoms with E-state index in [0.29, 0.717) is 0 Å². The van der Waals surface area contributed by atoms with Gasteiger partial charge in [0.05, 0.1) is 0 Å². The average molecular weight is 150 g/mol. The Kier molecular flexibility index (Phi) is 2.33. The van der Waals surface area contributed by atoms with Crippen LogP contribution in [0.15, 0.2) is 24.3 Å². The van der Waals surface area contributed by atoms with E-state index in [4.69, 9.17) is 5.84 Å². The molecule has 3 heteroatoms. The molecule has 1 aromatic rings. The fraction of sp³-hybridized carbons (Fsp3) is 0.250. The second kappa shape index (κ2) is 3.25. The van der Waals surface area contributed by atoms with Crippen LogP contribution in [0.1, 0.15) is 0 Å². The first-order valence-electron chi connectivity index (χ1n) is 3.43. The van der Waals surface area contributed by atoms with E-state index in [2.05, 4.69) is 5.32 Å². The second-order valence-electron chi connectivity index (χ2n) is 2.32. The summed E-state index contributed by atoms with van der Waals surface area (Å²) in [5.74, 6) is 5.56. The van der Waals surface area contributed by atoms with Crippen molar-refractivity contribution in [3.8, 4) is 0 Å². The number of benzene rings is 1. The van der Waals surface area contributed by atoms with E-state index in [1.807, 2.05) is 24.3 Å². The van der Waals surface area contributed by atoms with Crippen molar-refractivity contribution >= 4 is 11.4 Å². The van der Waals surface area contributed by atoms with Gasteiger partial charge in [-0.05, 0) is 6.07 Å². The molecule has 0 saturated carbocycles. The summed E-state index contributed by atoms with van der Waals surface area (Å²) >= 11 is 0. The van der Waals surface area contributed by atoms with Crippen molar-refractivity contribution in [2.24, 2.45) is 5.84 Å². The summed E-state index contributed by atoms with van der Waals surface area (Å²) in [6.45, 7) is 0. The molecular weight excluding hydrogens is 138 g/mol. The number of hydrogen-bond donors (Lipinski definition) is 1. The van der Waals surface area contributed by atoms with Crippen LogP contribution in [0.2, 0.25) is 0 Å². The van der Waals surface area contributed by atoms with E-state index < -0.39 is 0 Å². The van der Waals surface area contributed by atoms with E-state index in [1.165, 1.54) is 0 Å². The van der Waals surface area contributed by atoms with Crippen LogP contribution in [-0.2, 0) is 0 Å². The van der Waals surface area contributed by atoms with Crippen molar-refractivity contribution < 1.29 is 0 Å². The average Bonchev–Trinajstić information content (AvgIpc) is 2.04. The van der Waals surface area contributed by atoms with Gasteiger partial charge in [-0.25, -0.2) is 5.84 Å². The number of hydrazine groups is 1.